The minimum absolute atomic E-state index is 0. The summed E-state index contributed by atoms with van der Waals surface area (Å²) >= 11 is -2.80. The van der Waals surface area contributed by atoms with Gasteiger partial charge in [0.25, 0.3) is 0 Å². The standard InChI is InChI=1S/2C21H21.C2H4.2ClH.Zr/c2*1-15-9-11-17(12-10-15)20-8-4-7-18-13-19(14-21(18)20)16-5-2-3-6-16;1-2;;;/h2*4,7-14,16H,2-3,5-6H2,1H3;1-2H2;2*1H;/q;;;;;+2/p-2. The molecule has 3 fully saturated rings. The van der Waals surface area contributed by atoms with Crippen molar-refractivity contribution >= 4 is 12.2 Å². The zero-order valence-electron chi connectivity index (χ0n) is 27.9. The molecule has 0 nitrogen and oxygen atoms in total. The summed E-state index contributed by atoms with van der Waals surface area (Å²) in [4.78, 5) is 0. The number of hydrogen-bond donors (Lipinski definition) is 0. The molecule has 4 aliphatic carbocycles. The van der Waals surface area contributed by atoms with Gasteiger partial charge in [0.15, 0.2) is 0 Å². The molecule has 9 rings (SSSR count). The van der Waals surface area contributed by atoms with Crippen molar-refractivity contribution in [2.75, 3.05) is 0 Å². The van der Waals surface area contributed by atoms with Gasteiger partial charge in [0, 0.05) is 0 Å². The molecule has 2 unspecified atom stereocenters. The molecule has 0 radical (unpaired) electrons. The Hall–Kier alpha value is -2.18. The first-order valence-corrected chi connectivity index (χ1v) is 24.2. The van der Waals surface area contributed by atoms with E-state index in [1.165, 1.54) is 84.7 Å². The fraction of sp³-hybridized carbons (Fsp3) is 0.364. The molecule has 4 aromatic rings. The van der Waals surface area contributed by atoms with Crippen molar-refractivity contribution in [3.8, 4) is 22.3 Å². The summed E-state index contributed by atoms with van der Waals surface area (Å²) in [5.74, 6) is 1.59. The van der Waals surface area contributed by atoms with E-state index in [0.717, 1.165) is 19.1 Å². The number of hydrogen-bond acceptors (Lipinski definition) is 0. The van der Waals surface area contributed by atoms with Gasteiger partial charge in [0.05, 0.1) is 0 Å². The van der Waals surface area contributed by atoms with Crippen LogP contribution in [0, 0.1) is 25.7 Å². The van der Waals surface area contributed by atoms with Gasteiger partial charge in [-0.2, -0.15) is 0 Å². The van der Waals surface area contributed by atoms with E-state index in [2.05, 4.69) is 111 Å². The van der Waals surface area contributed by atoms with E-state index in [1.807, 2.05) is 11.1 Å². The first kappa shape index (κ1) is 33.3. The van der Waals surface area contributed by atoms with E-state index in [1.54, 1.807) is 30.5 Å². The third-order valence-corrected chi connectivity index (χ3v) is 25.4. The van der Waals surface area contributed by atoms with Gasteiger partial charge >= 0.3 is 277 Å². The number of allylic oxidation sites excluding steroid dienone is 2. The molecule has 0 N–H and O–H groups in total. The van der Waals surface area contributed by atoms with Crippen molar-refractivity contribution in [3.05, 3.63) is 129 Å². The van der Waals surface area contributed by atoms with E-state index >= 15 is 0 Å². The van der Waals surface area contributed by atoms with E-state index < -0.39 is 20.3 Å². The summed E-state index contributed by atoms with van der Waals surface area (Å²) in [7, 11) is 0. The predicted molar refractivity (Wildman–Crippen MR) is 188 cm³/mol. The third-order valence-electron chi connectivity index (χ3n) is 12.5. The van der Waals surface area contributed by atoms with Gasteiger partial charge in [-0.1, -0.05) is 0 Å². The van der Waals surface area contributed by atoms with Gasteiger partial charge in [-0.15, -0.1) is 0 Å². The van der Waals surface area contributed by atoms with Crippen LogP contribution < -0.4 is 24.8 Å². The largest absolute Gasteiger partial charge is 1.00 e. The summed E-state index contributed by atoms with van der Waals surface area (Å²) in [6, 6.07) is 33.4. The minimum atomic E-state index is -2.80. The average Bonchev–Trinajstić information content (AvgIpc) is 3.60. The molecule has 3 heteroatoms. The average molecular weight is 737 g/mol. The van der Waals surface area contributed by atoms with Gasteiger partial charge < -0.3 is 24.8 Å². The molecular weight excluding hydrogens is 691 g/mol. The Bertz CT molecular complexity index is 1700. The predicted octanol–water partition coefficient (Wildman–Crippen LogP) is 6.61. The Morgan fingerprint density at radius 2 is 0.872 bits per heavy atom. The molecule has 0 aromatic heterocycles. The van der Waals surface area contributed by atoms with Gasteiger partial charge in [0.1, 0.15) is 0 Å². The van der Waals surface area contributed by atoms with Crippen LogP contribution in [0.2, 0.25) is 8.26 Å². The monoisotopic (exact) mass is 734 g/mol. The van der Waals surface area contributed by atoms with Crippen molar-refractivity contribution < 1.29 is 45.1 Å². The number of rotatable bonds is 6. The van der Waals surface area contributed by atoms with Gasteiger partial charge in [-0.05, 0) is 0 Å². The second-order valence-electron chi connectivity index (χ2n) is 15.2. The number of aryl methyl sites for hydroxylation is 2. The molecule has 0 bridgehead atoms. The third kappa shape index (κ3) is 5.62. The Morgan fingerprint density at radius 1 is 0.489 bits per heavy atom. The Kier molecular flexibility index (Phi) is 9.41. The second-order valence-corrected chi connectivity index (χ2v) is 26.6. The van der Waals surface area contributed by atoms with E-state index in [0.29, 0.717) is 0 Å². The summed E-state index contributed by atoms with van der Waals surface area (Å²) < 4.78 is 4.60. The maximum atomic E-state index is 2.76. The second kappa shape index (κ2) is 13.3. The molecule has 240 valence electrons. The Balaban J connectivity index is 0.00000176. The molecule has 47 heavy (non-hydrogen) atoms. The smallest absolute Gasteiger partial charge is 1.00 e. The molecular formula is C44H46Cl2Zr. The van der Waals surface area contributed by atoms with Gasteiger partial charge in [-0.3, -0.25) is 0 Å². The zero-order valence-corrected chi connectivity index (χ0v) is 31.8. The van der Waals surface area contributed by atoms with Gasteiger partial charge in [-0.25, -0.2) is 0 Å². The Morgan fingerprint density at radius 3 is 1.23 bits per heavy atom. The Labute approximate surface area is 299 Å². The molecule has 2 saturated carbocycles. The van der Waals surface area contributed by atoms with Crippen molar-refractivity contribution in [2.45, 2.75) is 80.7 Å². The molecule has 1 saturated heterocycles. The minimum Gasteiger partial charge on any atom is -1.00 e. The van der Waals surface area contributed by atoms with Crippen LogP contribution in [0.1, 0.15) is 92.0 Å². The van der Waals surface area contributed by atoms with Crippen molar-refractivity contribution in [2.24, 2.45) is 11.8 Å². The summed E-state index contributed by atoms with van der Waals surface area (Å²) in [6.45, 7) is 4.41. The van der Waals surface area contributed by atoms with Crippen LogP contribution in [0.3, 0.4) is 0 Å². The van der Waals surface area contributed by atoms with Crippen molar-refractivity contribution in [1.29, 1.82) is 0 Å². The fourth-order valence-electron chi connectivity index (χ4n) is 10.2. The maximum absolute atomic E-state index is 2.80. The normalized spacial score (nSPS) is 21.9. The van der Waals surface area contributed by atoms with Crippen molar-refractivity contribution in [3.63, 3.8) is 0 Å². The van der Waals surface area contributed by atoms with Crippen LogP contribution in [0.4, 0.5) is 0 Å². The number of fused-ring (bicyclic) bond motifs is 2. The number of benzene rings is 4. The molecule has 0 amide bonds. The molecule has 1 heterocycles. The van der Waals surface area contributed by atoms with Crippen molar-refractivity contribution in [1.82, 2.24) is 0 Å². The zero-order chi connectivity index (χ0) is 30.1. The molecule has 1 aliphatic heterocycles. The van der Waals surface area contributed by atoms with E-state index in [9.17, 15) is 0 Å². The van der Waals surface area contributed by atoms with Crippen LogP contribution in [-0.2, 0) is 20.3 Å². The van der Waals surface area contributed by atoms with Crippen LogP contribution in [0.15, 0.2) is 96.1 Å². The number of halogens is 2. The summed E-state index contributed by atoms with van der Waals surface area (Å²) in [6.07, 6.45) is 16.8. The quantitative estimate of drug-likeness (QED) is 0.209. The summed E-state index contributed by atoms with van der Waals surface area (Å²) in [5, 5.41) is 0. The molecule has 0 spiro atoms. The van der Waals surface area contributed by atoms with E-state index in [-0.39, 0.29) is 24.8 Å². The van der Waals surface area contributed by atoms with Gasteiger partial charge in [0.2, 0.25) is 0 Å². The SMILES string of the molecule is Cc1ccc(-c2cccc3c2C=C(C2CCCC2)[CH]3[Zr+2]2([CH]3C(C4CCCC4)=Cc4c(-c5ccc(C)cc5)cccc43)[CH2][CH2]2)cc1.[Cl-].[Cl-]. The van der Waals surface area contributed by atoms with Crippen LogP contribution >= 0.6 is 0 Å². The topological polar surface area (TPSA) is 0 Å². The summed E-state index contributed by atoms with van der Waals surface area (Å²) in [5.41, 5.74) is 18.7. The first-order valence-electron chi connectivity index (χ1n) is 17.9. The maximum Gasteiger partial charge on any atom is -1.00 e. The molecule has 4 aromatic carbocycles. The molecule has 2 atom stereocenters. The fourth-order valence-corrected chi connectivity index (χ4v) is 27.9. The van der Waals surface area contributed by atoms with Crippen LogP contribution in [0.5, 0.6) is 0 Å². The first-order chi connectivity index (χ1) is 22.1. The van der Waals surface area contributed by atoms with Crippen LogP contribution in [-0.4, -0.2) is 0 Å². The molecule has 5 aliphatic rings. The van der Waals surface area contributed by atoms with Crippen LogP contribution in [0.25, 0.3) is 34.4 Å². The van der Waals surface area contributed by atoms with E-state index in [4.69, 9.17) is 0 Å².